The van der Waals surface area contributed by atoms with Crippen LogP contribution in [0.1, 0.15) is 5.69 Å². The molecule has 0 bridgehead atoms. The zero-order chi connectivity index (χ0) is 17.9. The summed E-state index contributed by atoms with van der Waals surface area (Å²) in [5.74, 6) is -0.309. The van der Waals surface area contributed by atoms with E-state index in [0.29, 0.717) is 17.0 Å². The second-order valence-electron chi connectivity index (χ2n) is 5.26. The number of halogens is 2. The van der Waals surface area contributed by atoms with Gasteiger partial charge in [0.2, 0.25) is 10.0 Å². The normalized spacial score (nSPS) is 11.6. The van der Waals surface area contributed by atoms with Crippen LogP contribution in [0.2, 0.25) is 0 Å². The van der Waals surface area contributed by atoms with Crippen molar-refractivity contribution in [1.29, 1.82) is 0 Å². The van der Waals surface area contributed by atoms with Crippen LogP contribution < -0.4 is 4.72 Å². The maximum atomic E-state index is 13.3. The molecule has 0 saturated heterocycles. The third-order valence-electron chi connectivity index (χ3n) is 3.42. The van der Waals surface area contributed by atoms with Crippen molar-refractivity contribution in [3.8, 4) is 10.6 Å². The van der Waals surface area contributed by atoms with E-state index in [1.165, 1.54) is 35.6 Å². The van der Waals surface area contributed by atoms with E-state index >= 15 is 0 Å². The van der Waals surface area contributed by atoms with Gasteiger partial charge in [-0.05, 0) is 36.4 Å². The van der Waals surface area contributed by atoms with E-state index in [9.17, 15) is 12.8 Å². The molecule has 25 heavy (non-hydrogen) atoms. The molecule has 0 radical (unpaired) electrons. The van der Waals surface area contributed by atoms with Crippen molar-refractivity contribution in [3.63, 3.8) is 0 Å². The van der Waals surface area contributed by atoms with Gasteiger partial charge in [0.25, 0.3) is 0 Å². The highest BCUT2D eigenvalue weighted by Crippen LogP contribution is 2.24. The first-order valence-corrected chi connectivity index (χ1v) is 10.6. The fourth-order valence-corrected chi connectivity index (χ4v) is 4.33. The van der Waals surface area contributed by atoms with Gasteiger partial charge in [0.05, 0.1) is 10.6 Å². The first kappa shape index (κ1) is 18.2. The molecule has 130 valence electrons. The zero-order valence-electron chi connectivity index (χ0n) is 12.9. The quantitative estimate of drug-likeness (QED) is 0.623. The van der Waals surface area contributed by atoms with Gasteiger partial charge in [-0.3, -0.25) is 0 Å². The summed E-state index contributed by atoms with van der Waals surface area (Å²) in [6.07, 6.45) is 0.460. The predicted molar refractivity (Wildman–Crippen MR) is 101 cm³/mol. The fourth-order valence-electron chi connectivity index (χ4n) is 2.19. The number of thiazole rings is 1. The second kappa shape index (κ2) is 7.74. The Labute approximate surface area is 157 Å². The largest absolute Gasteiger partial charge is 0.241 e. The number of hydrogen-bond acceptors (Lipinski definition) is 4. The van der Waals surface area contributed by atoms with E-state index in [4.69, 9.17) is 0 Å². The molecule has 4 nitrogen and oxygen atoms in total. The number of nitrogens with one attached hydrogen (secondary N) is 1. The van der Waals surface area contributed by atoms with Gasteiger partial charge in [-0.2, -0.15) is 0 Å². The van der Waals surface area contributed by atoms with Gasteiger partial charge in [-0.15, -0.1) is 11.3 Å². The molecular formula is C17H14BrFN2O2S2. The molecule has 0 aliphatic heterocycles. The van der Waals surface area contributed by atoms with Gasteiger partial charge in [0.15, 0.2) is 0 Å². The lowest BCUT2D eigenvalue weighted by Crippen LogP contribution is -2.26. The average molecular weight is 441 g/mol. The molecule has 0 spiro atoms. The molecule has 1 N–H and O–H groups in total. The zero-order valence-corrected chi connectivity index (χ0v) is 16.2. The fraction of sp³-hybridized carbons (Fsp3) is 0.118. The van der Waals surface area contributed by atoms with Crippen molar-refractivity contribution in [3.05, 3.63) is 69.9 Å². The molecule has 3 aromatic rings. The van der Waals surface area contributed by atoms with Crippen molar-refractivity contribution in [2.75, 3.05) is 6.54 Å². The number of benzene rings is 2. The average Bonchev–Trinajstić information content (AvgIpc) is 3.04. The molecule has 0 atom stereocenters. The molecule has 1 heterocycles. The minimum atomic E-state index is -3.54. The summed E-state index contributed by atoms with van der Waals surface area (Å²) in [4.78, 5) is 4.65. The van der Waals surface area contributed by atoms with E-state index in [1.807, 2.05) is 5.38 Å². The van der Waals surface area contributed by atoms with Gasteiger partial charge in [-0.25, -0.2) is 22.5 Å². The number of hydrogen-bond donors (Lipinski definition) is 1. The van der Waals surface area contributed by atoms with E-state index in [2.05, 4.69) is 25.6 Å². The van der Waals surface area contributed by atoms with Crippen molar-refractivity contribution >= 4 is 37.3 Å². The monoisotopic (exact) mass is 440 g/mol. The van der Waals surface area contributed by atoms with E-state index in [0.717, 1.165) is 10.2 Å². The Morgan fingerprint density at radius 2 is 1.92 bits per heavy atom. The molecule has 0 amide bonds. The molecule has 3 rings (SSSR count). The molecule has 0 aliphatic carbocycles. The first-order chi connectivity index (χ1) is 11.9. The molecule has 0 aliphatic rings. The van der Waals surface area contributed by atoms with Gasteiger partial charge in [-0.1, -0.05) is 28.1 Å². The Balaban J connectivity index is 1.62. The molecule has 1 aromatic heterocycles. The van der Waals surface area contributed by atoms with Crippen LogP contribution in [0, 0.1) is 5.82 Å². The Morgan fingerprint density at radius 3 is 2.64 bits per heavy atom. The third kappa shape index (κ3) is 4.72. The van der Waals surface area contributed by atoms with E-state index in [1.54, 1.807) is 24.3 Å². The molecular weight excluding hydrogens is 427 g/mol. The van der Waals surface area contributed by atoms with Crippen LogP contribution in [0.25, 0.3) is 10.6 Å². The van der Waals surface area contributed by atoms with Crippen LogP contribution in [0.3, 0.4) is 0 Å². The molecule has 0 fully saturated rings. The van der Waals surface area contributed by atoms with Crippen molar-refractivity contribution in [2.24, 2.45) is 0 Å². The summed E-state index contributed by atoms with van der Waals surface area (Å²) in [5, 5.41) is 2.57. The van der Waals surface area contributed by atoms with Crippen molar-refractivity contribution in [1.82, 2.24) is 9.71 Å². The van der Waals surface area contributed by atoms with Gasteiger partial charge in [0, 0.05) is 28.4 Å². The predicted octanol–water partition coefficient (Wildman–Crippen LogP) is 4.23. The molecule has 0 saturated carbocycles. The highest BCUT2D eigenvalue weighted by atomic mass is 79.9. The minimum absolute atomic E-state index is 0.217. The summed E-state index contributed by atoms with van der Waals surface area (Å²) in [6, 6.07) is 12.7. The summed E-state index contributed by atoms with van der Waals surface area (Å²) >= 11 is 4.68. The number of nitrogens with zero attached hydrogens (tertiary/aromatic N) is 1. The summed E-state index contributed by atoms with van der Waals surface area (Å²) < 4.78 is 41.1. The Hall–Kier alpha value is -1.61. The minimum Gasteiger partial charge on any atom is -0.241 e. The van der Waals surface area contributed by atoms with Crippen LogP contribution in [0.5, 0.6) is 0 Å². The summed E-state index contributed by atoms with van der Waals surface area (Å²) in [5.41, 5.74) is 1.48. The van der Waals surface area contributed by atoms with E-state index < -0.39 is 10.0 Å². The Bertz CT molecular complexity index is 972. The lowest BCUT2D eigenvalue weighted by atomic mass is 10.2. The molecule has 2 aromatic carbocycles. The lowest BCUT2D eigenvalue weighted by molar-refractivity contribution is 0.581. The second-order valence-corrected chi connectivity index (χ2v) is 8.80. The first-order valence-electron chi connectivity index (χ1n) is 7.40. The van der Waals surface area contributed by atoms with Gasteiger partial charge >= 0.3 is 0 Å². The number of sulfonamides is 1. The standard InChI is InChI=1S/C17H14BrFN2O2S2/c18-13-4-6-16(7-5-13)25(22,23)20-9-8-15-11-24-17(21-15)12-2-1-3-14(19)10-12/h1-7,10-11,20H,8-9H2. The van der Waals surface area contributed by atoms with Crippen molar-refractivity contribution in [2.45, 2.75) is 11.3 Å². The van der Waals surface area contributed by atoms with Crippen LogP contribution in [0.4, 0.5) is 4.39 Å². The molecule has 0 unspecified atom stereocenters. The highest BCUT2D eigenvalue weighted by molar-refractivity contribution is 9.10. The highest BCUT2D eigenvalue weighted by Gasteiger charge is 2.13. The number of aromatic nitrogens is 1. The van der Waals surface area contributed by atoms with Crippen LogP contribution in [-0.2, 0) is 16.4 Å². The topological polar surface area (TPSA) is 59.1 Å². The Morgan fingerprint density at radius 1 is 1.16 bits per heavy atom. The van der Waals surface area contributed by atoms with Crippen LogP contribution in [0.15, 0.2) is 63.3 Å². The molecule has 8 heteroatoms. The Kier molecular flexibility index (Phi) is 5.63. The lowest BCUT2D eigenvalue weighted by Gasteiger charge is -2.06. The maximum Gasteiger partial charge on any atom is 0.240 e. The van der Waals surface area contributed by atoms with E-state index in [-0.39, 0.29) is 17.3 Å². The van der Waals surface area contributed by atoms with Gasteiger partial charge in [0.1, 0.15) is 10.8 Å². The van der Waals surface area contributed by atoms with Crippen molar-refractivity contribution < 1.29 is 12.8 Å². The summed E-state index contributed by atoms with van der Waals surface area (Å²) in [7, 11) is -3.54. The van der Waals surface area contributed by atoms with Crippen LogP contribution >= 0.6 is 27.3 Å². The van der Waals surface area contributed by atoms with Crippen LogP contribution in [-0.4, -0.2) is 19.9 Å². The third-order valence-corrected chi connectivity index (χ3v) is 6.37. The SMILES string of the molecule is O=S(=O)(NCCc1csc(-c2cccc(F)c2)n1)c1ccc(Br)cc1. The van der Waals surface area contributed by atoms with Gasteiger partial charge < -0.3 is 0 Å². The maximum absolute atomic E-state index is 13.3. The number of rotatable bonds is 6. The summed E-state index contributed by atoms with van der Waals surface area (Å²) in [6.45, 7) is 0.241. The smallest absolute Gasteiger partial charge is 0.240 e.